The minimum atomic E-state index is 0.693. The second-order valence-electron chi connectivity index (χ2n) is 14.4. The number of nitrogens with zero attached hydrogens (tertiary/aromatic N) is 3. The van der Waals surface area contributed by atoms with E-state index >= 15 is 0 Å². The monoisotopic (exact) mass is 711 g/mol. The van der Waals surface area contributed by atoms with Crippen LogP contribution in [-0.4, -0.2) is 15.0 Å². The van der Waals surface area contributed by atoms with Gasteiger partial charge in [0.2, 0.25) is 0 Å². The quantitative estimate of drug-likeness (QED) is 0.167. The SMILES string of the molecule is c1cc(-c2ccc(-c3nc(-c4ccc5ccccc5c4)cc(-c4ccc5ccccc5c4)n3)cc2)cc(-c2nc3ccccc3c3c2ccc2ccccc23)c1. The first-order valence-electron chi connectivity index (χ1n) is 19.0. The summed E-state index contributed by atoms with van der Waals surface area (Å²) in [7, 11) is 0. The van der Waals surface area contributed by atoms with E-state index < -0.39 is 0 Å². The summed E-state index contributed by atoms with van der Waals surface area (Å²) in [6.45, 7) is 0. The molecule has 2 heterocycles. The molecule has 3 heteroatoms. The van der Waals surface area contributed by atoms with Crippen LogP contribution in [0.3, 0.4) is 0 Å². The lowest BCUT2D eigenvalue weighted by Gasteiger charge is -2.14. The molecule has 0 radical (unpaired) electrons. The van der Waals surface area contributed by atoms with Crippen LogP contribution >= 0.6 is 0 Å². The molecule has 0 fully saturated rings. The first-order valence-corrected chi connectivity index (χ1v) is 19.0. The van der Waals surface area contributed by atoms with Crippen LogP contribution in [0.15, 0.2) is 200 Å². The van der Waals surface area contributed by atoms with Gasteiger partial charge in [-0.25, -0.2) is 15.0 Å². The molecule has 0 bridgehead atoms. The summed E-state index contributed by atoms with van der Waals surface area (Å²) in [5.41, 5.74) is 10.2. The molecule has 9 aromatic carbocycles. The number of rotatable bonds is 5. The van der Waals surface area contributed by atoms with Crippen molar-refractivity contribution in [2.45, 2.75) is 0 Å². The zero-order valence-electron chi connectivity index (χ0n) is 30.4. The highest BCUT2D eigenvalue weighted by atomic mass is 14.9. The summed E-state index contributed by atoms with van der Waals surface area (Å²) < 4.78 is 0. The molecule has 11 rings (SSSR count). The Morgan fingerprint density at radius 2 is 0.804 bits per heavy atom. The Morgan fingerprint density at radius 1 is 0.268 bits per heavy atom. The van der Waals surface area contributed by atoms with Crippen molar-refractivity contribution in [2.75, 3.05) is 0 Å². The van der Waals surface area contributed by atoms with Gasteiger partial charge in [0.1, 0.15) is 0 Å². The molecule has 56 heavy (non-hydrogen) atoms. The minimum absolute atomic E-state index is 0.693. The van der Waals surface area contributed by atoms with Gasteiger partial charge in [0.05, 0.1) is 22.6 Å². The van der Waals surface area contributed by atoms with Crippen LogP contribution in [0.1, 0.15) is 0 Å². The standard InChI is InChI=1S/C53H33N3/c1-3-13-39-30-42(26-22-34(39)10-1)49-33-50(43-27-23-35-11-2-4-14-40(35)31-43)56-53(55-49)38-24-20-36(21-25-38)41-15-9-16-44(32-41)52-47-29-28-37-12-5-6-17-45(37)51(47)46-18-7-8-19-48(46)54-52/h1-33H. The van der Waals surface area contributed by atoms with E-state index in [0.29, 0.717) is 5.82 Å². The van der Waals surface area contributed by atoms with Gasteiger partial charge in [0, 0.05) is 38.4 Å². The molecule has 0 aliphatic rings. The first kappa shape index (κ1) is 32.0. The fourth-order valence-corrected chi connectivity index (χ4v) is 8.17. The van der Waals surface area contributed by atoms with Crippen LogP contribution in [0.5, 0.6) is 0 Å². The molecule has 11 aromatic rings. The fraction of sp³-hybridized carbons (Fsp3) is 0. The van der Waals surface area contributed by atoms with Crippen molar-refractivity contribution < 1.29 is 0 Å². The summed E-state index contributed by atoms with van der Waals surface area (Å²) in [4.78, 5) is 15.6. The molecule has 0 aliphatic carbocycles. The normalized spacial score (nSPS) is 11.6. The van der Waals surface area contributed by atoms with E-state index in [9.17, 15) is 0 Å². The largest absolute Gasteiger partial charge is 0.247 e. The van der Waals surface area contributed by atoms with E-state index in [-0.39, 0.29) is 0 Å². The second kappa shape index (κ2) is 13.1. The molecule has 260 valence electrons. The van der Waals surface area contributed by atoms with E-state index in [0.717, 1.165) is 61.4 Å². The molecule has 0 unspecified atom stereocenters. The third kappa shape index (κ3) is 5.57. The number of hydrogen-bond acceptors (Lipinski definition) is 3. The predicted octanol–water partition coefficient (Wildman–Crippen LogP) is 14.0. The molecular weight excluding hydrogens is 679 g/mol. The van der Waals surface area contributed by atoms with Gasteiger partial charge in [-0.05, 0) is 73.8 Å². The zero-order valence-corrected chi connectivity index (χ0v) is 30.4. The molecule has 0 spiro atoms. The maximum atomic E-state index is 5.25. The summed E-state index contributed by atoms with van der Waals surface area (Å²) in [5.74, 6) is 0.693. The Morgan fingerprint density at radius 3 is 1.50 bits per heavy atom. The van der Waals surface area contributed by atoms with Crippen LogP contribution in [0, 0.1) is 0 Å². The minimum Gasteiger partial charge on any atom is -0.247 e. The number of hydrogen-bond donors (Lipinski definition) is 0. The fourth-order valence-electron chi connectivity index (χ4n) is 8.17. The van der Waals surface area contributed by atoms with Crippen LogP contribution in [0.25, 0.3) is 110 Å². The molecule has 0 saturated carbocycles. The van der Waals surface area contributed by atoms with Crippen molar-refractivity contribution in [3.8, 4) is 56.3 Å². The Labute approximate surface area is 324 Å². The summed E-state index contributed by atoms with van der Waals surface area (Å²) >= 11 is 0. The molecule has 0 amide bonds. The molecule has 3 nitrogen and oxygen atoms in total. The van der Waals surface area contributed by atoms with Gasteiger partial charge in [-0.15, -0.1) is 0 Å². The number of para-hydroxylation sites is 1. The van der Waals surface area contributed by atoms with Crippen LogP contribution in [0.4, 0.5) is 0 Å². The lowest BCUT2D eigenvalue weighted by molar-refractivity contribution is 1.18. The third-order valence-corrected chi connectivity index (χ3v) is 11.0. The summed E-state index contributed by atoms with van der Waals surface area (Å²) in [5, 5.41) is 10.8. The first-order chi connectivity index (χ1) is 27.7. The average Bonchev–Trinajstić information content (AvgIpc) is 3.28. The van der Waals surface area contributed by atoms with Gasteiger partial charge in [0.25, 0.3) is 0 Å². The van der Waals surface area contributed by atoms with Gasteiger partial charge in [0.15, 0.2) is 5.82 Å². The maximum Gasteiger partial charge on any atom is 0.160 e. The molecule has 0 saturated heterocycles. The van der Waals surface area contributed by atoms with Crippen LogP contribution < -0.4 is 0 Å². The highest BCUT2D eigenvalue weighted by Crippen LogP contribution is 2.38. The summed E-state index contributed by atoms with van der Waals surface area (Å²) in [6, 6.07) is 71.0. The van der Waals surface area contributed by atoms with E-state index in [1.54, 1.807) is 0 Å². The Kier molecular flexibility index (Phi) is 7.49. The van der Waals surface area contributed by atoms with Crippen molar-refractivity contribution in [2.24, 2.45) is 0 Å². The van der Waals surface area contributed by atoms with Gasteiger partial charge in [-0.3, -0.25) is 0 Å². The molecule has 0 atom stereocenters. The van der Waals surface area contributed by atoms with Crippen molar-refractivity contribution in [3.05, 3.63) is 200 Å². The van der Waals surface area contributed by atoms with E-state index in [1.165, 1.54) is 43.1 Å². The Hall–Kier alpha value is -7.49. The smallest absolute Gasteiger partial charge is 0.160 e. The van der Waals surface area contributed by atoms with Crippen molar-refractivity contribution >= 4 is 54.0 Å². The predicted molar refractivity (Wildman–Crippen MR) is 235 cm³/mol. The second-order valence-corrected chi connectivity index (χ2v) is 14.4. The van der Waals surface area contributed by atoms with E-state index in [2.05, 4.69) is 200 Å². The highest BCUT2D eigenvalue weighted by Gasteiger charge is 2.15. The van der Waals surface area contributed by atoms with Crippen LogP contribution in [0.2, 0.25) is 0 Å². The molecule has 0 N–H and O–H groups in total. The molecule has 2 aromatic heterocycles. The lowest BCUT2D eigenvalue weighted by Crippen LogP contribution is -1.96. The topological polar surface area (TPSA) is 38.7 Å². The summed E-state index contributed by atoms with van der Waals surface area (Å²) in [6.07, 6.45) is 0. The lowest BCUT2D eigenvalue weighted by atomic mass is 9.94. The van der Waals surface area contributed by atoms with Crippen LogP contribution in [-0.2, 0) is 0 Å². The Balaban J connectivity index is 1.01. The number of fused-ring (bicyclic) bond motifs is 7. The molecular formula is C53H33N3. The Bertz CT molecular complexity index is 3200. The van der Waals surface area contributed by atoms with E-state index in [4.69, 9.17) is 15.0 Å². The van der Waals surface area contributed by atoms with Crippen molar-refractivity contribution in [3.63, 3.8) is 0 Å². The average molecular weight is 712 g/mol. The zero-order chi connectivity index (χ0) is 37.0. The van der Waals surface area contributed by atoms with Crippen molar-refractivity contribution in [1.82, 2.24) is 15.0 Å². The van der Waals surface area contributed by atoms with Gasteiger partial charge < -0.3 is 0 Å². The highest BCUT2D eigenvalue weighted by molar-refractivity contribution is 6.22. The van der Waals surface area contributed by atoms with Gasteiger partial charge in [-0.2, -0.15) is 0 Å². The number of benzene rings is 9. The van der Waals surface area contributed by atoms with Crippen molar-refractivity contribution in [1.29, 1.82) is 0 Å². The number of pyridine rings is 1. The van der Waals surface area contributed by atoms with Gasteiger partial charge in [-0.1, -0.05) is 170 Å². The van der Waals surface area contributed by atoms with E-state index in [1.807, 2.05) is 0 Å². The number of aromatic nitrogens is 3. The maximum absolute atomic E-state index is 5.25. The third-order valence-electron chi connectivity index (χ3n) is 11.0. The van der Waals surface area contributed by atoms with Gasteiger partial charge >= 0.3 is 0 Å². The molecule has 0 aliphatic heterocycles.